The summed E-state index contributed by atoms with van der Waals surface area (Å²) >= 11 is 27.5. The predicted molar refractivity (Wildman–Crippen MR) is 239 cm³/mol. The highest BCUT2D eigenvalue weighted by molar-refractivity contribution is 9.11. The maximum absolute atomic E-state index is 12.7. The molecule has 2 aliphatic heterocycles. The summed E-state index contributed by atoms with van der Waals surface area (Å²) in [6, 6.07) is 12.7. The average Bonchev–Trinajstić information content (AvgIpc) is 3.42. The zero-order valence-electron chi connectivity index (χ0n) is 30.9. The summed E-state index contributed by atoms with van der Waals surface area (Å²) < 4.78 is 31.3. The Morgan fingerprint density at radius 2 is 1.15 bits per heavy atom. The lowest BCUT2D eigenvalue weighted by molar-refractivity contribution is 0.254. The summed E-state index contributed by atoms with van der Waals surface area (Å²) in [6.45, 7) is 5.37. The molecule has 0 amide bonds. The van der Waals surface area contributed by atoms with Crippen molar-refractivity contribution in [3.8, 4) is 0 Å². The molecule has 13 heteroatoms. The molecule has 0 spiro atoms. The van der Waals surface area contributed by atoms with Crippen LogP contribution in [-0.4, -0.2) is 54.6 Å². The van der Waals surface area contributed by atoms with Gasteiger partial charge < -0.3 is 5.32 Å². The number of fused-ring (bicyclic) bond motifs is 4. The molecule has 4 aliphatic rings. The van der Waals surface area contributed by atoms with Gasteiger partial charge in [-0.3, -0.25) is 9.97 Å². The number of halogens is 6. The number of hydrogen-bond donors (Lipinski definition) is 1. The number of benzene rings is 2. The van der Waals surface area contributed by atoms with Crippen molar-refractivity contribution in [1.82, 2.24) is 19.6 Å². The highest BCUT2D eigenvalue weighted by atomic mass is 79.9. The first-order chi connectivity index (χ1) is 26.4. The fourth-order valence-corrected chi connectivity index (χ4v) is 13.9. The van der Waals surface area contributed by atoms with E-state index in [4.69, 9.17) is 33.2 Å². The Morgan fingerprint density at radius 3 is 1.62 bits per heavy atom. The topological polar surface area (TPSA) is 75.2 Å². The summed E-state index contributed by atoms with van der Waals surface area (Å²) in [5.74, 6) is 1.68. The SMILES string of the molecule is CCCCS(=O)(=O)N1CCC(C2c3ncc(Br)cc3CCc3cc(Cl)cc(Br)c32)CC1.Clc1cc(Br)c2c(c1)CCc1cc(Br)cnc1C2C1CCNCC1. The molecule has 1 N–H and O–H groups in total. The minimum absolute atomic E-state index is 0.132. The van der Waals surface area contributed by atoms with Gasteiger partial charge in [-0.05, 0) is 184 Å². The highest BCUT2D eigenvalue weighted by Crippen LogP contribution is 2.47. The number of piperidine rings is 2. The fraction of sp³-hybridized carbons (Fsp3) is 0.476. The van der Waals surface area contributed by atoms with Crippen molar-refractivity contribution in [2.45, 2.75) is 83.0 Å². The second kappa shape index (κ2) is 18.6. The van der Waals surface area contributed by atoms with Crippen LogP contribution in [0.5, 0.6) is 0 Å². The van der Waals surface area contributed by atoms with E-state index in [0.717, 1.165) is 98.1 Å². The monoisotopic (exact) mass is 1060 g/mol. The van der Waals surface area contributed by atoms with Crippen LogP contribution in [0.25, 0.3) is 0 Å². The van der Waals surface area contributed by atoms with E-state index >= 15 is 0 Å². The van der Waals surface area contributed by atoms with E-state index in [2.05, 4.69) is 93.3 Å². The summed E-state index contributed by atoms with van der Waals surface area (Å²) in [4.78, 5) is 9.75. The molecule has 2 unspecified atom stereocenters. The van der Waals surface area contributed by atoms with Crippen LogP contribution >= 0.6 is 86.9 Å². The molecule has 0 radical (unpaired) electrons. The van der Waals surface area contributed by atoms with Gasteiger partial charge in [0.05, 0.1) is 17.1 Å². The molecule has 4 aromatic rings. The summed E-state index contributed by atoms with van der Waals surface area (Å²) in [5.41, 5.74) is 10.3. The van der Waals surface area contributed by atoms with Crippen molar-refractivity contribution in [1.29, 1.82) is 0 Å². The molecule has 2 aromatic heterocycles. The van der Waals surface area contributed by atoms with Gasteiger partial charge in [0.2, 0.25) is 10.0 Å². The van der Waals surface area contributed by atoms with Crippen LogP contribution in [0.2, 0.25) is 10.0 Å². The molecule has 6 nitrogen and oxygen atoms in total. The molecule has 55 heavy (non-hydrogen) atoms. The van der Waals surface area contributed by atoms with Gasteiger partial charge in [0.25, 0.3) is 0 Å². The largest absolute Gasteiger partial charge is 0.317 e. The third kappa shape index (κ3) is 9.62. The Balaban J connectivity index is 0.000000174. The number of aryl methyl sites for hydroxylation is 4. The van der Waals surface area contributed by atoms with Gasteiger partial charge in [0.15, 0.2) is 0 Å². The predicted octanol–water partition coefficient (Wildman–Crippen LogP) is 11.8. The normalized spacial score (nSPS) is 20.6. The number of nitrogens with zero attached hydrogens (tertiary/aromatic N) is 3. The molecular weight excluding hydrogens is 1020 g/mol. The molecule has 2 aliphatic carbocycles. The molecule has 8 rings (SSSR count). The van der Waals surface area contributed by atoms with Crippen LogP contribution in [0.15, 0.2) is 66.7 Å². The van der Waals surface area contributed by atoms with Crippen LogP contribution in [0.4, 0.5) is 0 Å². The van der Waals surface area contributed by atoms with Crippen LogP contribution in [0.1, 0.15) is 102 Å². The Kier molecular flexibility index (Phi) is 14.3. The number of unbranched alkanes of at least 4 members (excludes halogenated alkanes) is 1. The first-order valence-corrected chi connectivity index (χ1v) is 24.9. The fourth-order valence-electron chi connectivity index (χ4n) is 9.18. The smallest absolute Gasteiger partial charge is 0.214 e. The zero-order chi connectivity index (χ0) is 38.9. The van der Waals surface area contributed by atoms with E-state index in [1.165, 1.54) is 51.9 Å². The van der Waals surface area contributed by atoms with Crippen LogP contribution in [0, 0.1) is 11.8 Å². The van der Waals surface area contributed by atoms with Crippen LogP contribution in [-0.2, 0) is 35.7 Å². The minimum atomic E-state index is -3.16. The minimum Gasteiger partial charge on any atom is -0.317 e. The van der Waals surface area contributed by atoms with Gasteiger partial charge in [-0.15, -0.1) is 0 Å². The Labute approximate surface area is 369 Å². The lowest BCUT2D eigenvalue weighted by Gasteiger charge is -2.36. The van der Waals surface area contributed by atoms with Gasteiger partial charge in [-0.1, -0.05) is 68.4 Å². The van der Waals surface area contributed by atoms with Crippen LogP contribution in [0.3, 0.4) is 0 Å². The molecule has 2 aromatic carbocycles. The number of rotatable bonds is 6. The van der Waals surface area contributed by atoms with E-state index in [1.54, 1.807) is 4.31 Å². The Bertz CT molecular complexity index is 2140. The molecular formula is C42H46Br4Cl2N4O2S. The molecule has 0 saturated carbocycles. The second-order valence-electron chi connectivity index (χ2n) is 15.3. The van der Waals surface area contributed by atoms with Gasteiger partial charge in [-0.25, -0.2) is 12.7 Å². The van der Waals surface area contributed by atoms with Gasteiger partial charge >= 0.3 is 0 Å². The summed E-state index contributed by atoms with van der Waals surface area (Å²) in [6.07, 6.45) is 13.4. The highest BCUT2D eigenvalue weighted by Gasteiger charge is 2.38. The van der Waals surface area contributed by atoms with E-state index in [1.807, 2.05) is 31.5 Å². The average molecular weight is 1060 g/mol. The van der Waals surface area contributed by atoms with Gasteiger partial charge in [0, 0.05) is 65.3 Å². The maximum Gasteiger partial charge on any atom is 0.214 e. The number of hydrogen-bond acceptors (Lipinski definition) is 5. The third-order valence-corrected chi connectivity index (χ3v) is 16.4. The molecule has 294 valence electrons. The van der Waals surface area contributed by atoms with Gasteiger partial charge in [-0.2, -0.15) is 0 Å². The third-order valence-electron chi connectivity index (χ3n) is 11.8. The van der Waals surface area contributed by atoms with E-state index in [0.29, 0.717) is 30.8 Å². The molecule has 2 saturated heterocycles. The summed E-state index contributed by atoms with van der Waals surface area (Å²) in [7, 11) is -3.16. The standard InChI is InChI=1S/C23H27Br2ClN2O2S.C19H19Br2ClN2/c1-2-3-10-31(29,30)28-8-6-15(7-9-28)22-21-16(12-19(26)13-20(21)25)4-5-17-11-18(24)14-27-23(17)22;20-14-7-13-2-1-12-8-15(22)9-16(21)17(12)18(19(13)24-10-14)11-3-5-23-6-4-11/h11-15,22H,2-10H2,1H3;7-11,18,23H,1-6H2. The van der Waals surface area contributed by atoms with E-state index in [-0.39, 0.29) is 11.7 Å². The molecule has 2 fully saturated rings. The van der Waals surface area contributed by atoms with Gasteiger partial charge in [0.1, 0.15) is 0 Å². The first-order valence-electron chi connectivity index (χ1n) is 19.4. The van der Waals surface area contributed by atoms with E-state index < -0.39 is 10.0 Å². The molecule has 0 bridgehead atoms. The number of sulfonamides is 1. The second-order valence-corrected chi connectivity index (χ2v) is 21.8. The van der Waals surface area contributed by atoms with Crippen molar-refractivity contribution < 1.29 is 8.42 Å². The first kappa shape index (κ1) is 42.2. The van der Waals surface area contributed by atoms with Crippen LogP contribution < -0.4 is 5.32 Å². The molecule has 4 heterocycles. The lowest BCUT2D eigenvalue weighted by Crippen LogP contribution is -2.41. The number of aromatic nitrogens is 2. The zero-order valence-corrected chi connectivity index (χ0v) is 39.5. The quantitative estimate of drug-likeness (QED) is 0.208. The molecule has 2 atom stereocenters. The van der Waals surface area contributed by atoms with Crippen molar-refractivity contribution in [3.63, 3.8) is 0 Å². The maximum atomic E-state index is 12.7. The lowest BCUT2D eigenvalue weighted by atomic mass is 9.77. The van der Waals surface area contributed by atoms with Crippen molar-refractivity contribution in [2.24, 2.45) is 11.8 Å². The van der Waals surface area contributed by atoms with Crippen molar-refractivity contribution in [2.75, 3.05) is 31.9 Å². The number of pyridine rings is 2. The summed E-state index contributed by atoms with van der Waals surface area (Å²) in [5, 5.41) is 5.04. The number of nitrogens with one attached hydrogen (secondary N) is 1. The Morgan fingerprint density at radius 1 is 0.691 bits per heavy atom. The van der Waals surface area contributed by atoms with Crippen molar-refractivity contribution >= 4 is 96.9 Å². The van der Waals surface area contributed by atoms with Crippen molar-refractivity contribution in [3.05, 3.63) is 121 Å². The van der Waals surface area contributed by atoms with E-state index in [9.17, 15) is 8.42 Å². The Hall–Kier alpha value is -0.890.